The first-order valence-electron chi connectivity index (χ1n) is 6.88. The molecule has 6 heteroatoms. The number of nitrogens with zero attached hydrogens (tertiary/aromatic N) is 2. The highest BCUT2D eigenvalue weighted by atomic mass is 79.9. The van der Waals surface area contributed by atoms with Gasteiger partial charge in [0.2, 0.25) is 0 Å². The molecule has 0 saturated heterocycles. The maximum atomic E-state index is 10.8. The highest BCUT2D eigenvalue weighted by Crippen LogP contribution is 2.25. The monoisotopic (exact) mass is 341 g/mol. The van der Waals surface area contributed by atoms with Crippen molar-refractivity contribution in [1.29, 1.82) is 0 Å². The van der Waals surface area contributed by atoms with Crippen molar-refractivity contribution in [2.24, 2.45) is 0 Å². The number of hydrogen-bond donors (Lipinski definition) is 2. The van der Waals surface area contributed by atoms with Crippen LogP contribution in [0.1, 0.15) is 25.5 Å². The molecule has 0 bridgehead atoms. The van der Waals surface area contributed by atoms with E-state index in [0.717, 1.165) is 36.1 Å². The molecule has 0 unspecified atom stereocenters. The average Bonchev–Trinajstić information content (AvgIpc) is 2.37. The number of pyridine rings is 1. The Balaban J connectivity index is 1.71. The molecule has 5 nitrogen and oxygen atoms in total. The first kappa shape index (κ1) is 15.4. The summed E-state index contributed by atoms with van der Waals surface area (Å²) in [6.45, 7) is 3.70. The molecule has 20 heavy (non-hydrogen) atoms. The van der Waals surface area contributed by atoms with Crippen LogP contribution in [0, 0.1) is 0 Å². The maximum Gasteiger partial charge on any atom is 0.317 e. The smallest absolute Gasteiger partial charge is 0.317 e. The van der Waals surface area contributed by atoms with Gasteiger partial charge < -0.3 is 10.4 Å². The van der Waals surface area contributed by atoms with Gasteiger partial charge in [-0.3, -0.25) is 14.7 Å². The van der Waals surface area contributed by atoms with Crippen molar-refractivity contribution in [1.82, 2.24) is 15.2 Å². The van der Waals surface area contributed by atoms with E-state index in [1.54, 1.807) is 6.20 Å². The molecule has 2 N–H and O–H groups in total. The van der Waals surface area contributed by atoms with Gasteiger partial charge in [0.15, 0.2) is 0 Å². The molecule has 0 amide bonds. The zero-order valence-electron chi connectivity index (χ0n) is 11.6. The second kappa shape index (κ2) is 7.15. The minimum absolute atomic E-state index is 0.141. The van der Waals surface area contributed by atoms with Crippen molar-refractivity contribution in [3.05, 3.63) is 28.5 Å². The molecule has 0 spiro atoms. The molecule has 0 aliphatic heterocycles. The predicted octanol–water partition coefficient (Wildman–Crippen LogP) is 1.87. The standard InChI is InChI=1S/C14H20BrN3O2/c1-2-18(9-14(19)20)13-5-12(6-13)17-8-11-4-3-10(15)7-16-11/h3-4,7,12-13,17H,2,5-6,8-9H2,1H3,(H,19,20). The zero-order valence-corrected chi connectivity index (χ0v) is 13.1. The van der Waals surface area contributed by atoms with Crippen LogP contribution in [-0.2, 0) is 11.3 Å². The van der Waals surface area contributed by atoms with E-state index in [2.05, 4.69) is 26.2 Å². The predicted molar refractivity (Wildman–Crippen MR) is 80.5 cm³/mol. The molecule has 0 atom stereocenters. The van der Waals surface area contributed by atoms with E-state index >= 15 is 0 Å². The summed E-state index contributed by atoms with van der Waals surface area (Å²) in [5, 5.41) is 12.3. The number of aliphatic carboxylic acids is 1. The highest BCUT2D eigenvalue weighted by molar-refractivity contribution is 9.10. The minimum Gasteiger partial charge on any atom is -0.480 e. The number of nitrogens with one attached hydrogen (secondary N) is 1. The summed E-state index contributed by atoms with van der Waals surface area (Å²) in [6, 6.07) is 4.84. The van der Waals surface area contributed by atoms with E-state index in [1.165, 1.54) is 0 Å². The Labute approximate surface area is 127 Å². The lowest BCUT2D eigenvalue weighted by molar-refractivity contribution is -0.139. The molecular weight excluding hydrogens is 322 g/mol. The van der Waals surface area contributed by atoms with Crippen LogP contribution in [-0.4, -0.2) is 46.1 Å². The van der Waals surface area contributed by atoms with Gasteiger partial charge in [-0.2, -0.15) is 0 Å². The van der Waals surface area contributed by atoms with Gasteiger partial charge in [0.05, 0.1) is 12.2 Å². The van der Waals surface area contributed by atoms with Gasteiger partial charge >= 0.3 is 5.97 Å². The molecule has 2 rings (SSSR count). The van der Waals surface area contributed by atoms with Crippen molar-refractivity contribution >= 4 is 21.9 Å². The fourth-order valence-corrected chi connectivity index (χ4v) is 2.72. The Morgan fingerprint density at radius 2 is 2.30 bits per heavy atom. The average molecular weight is 342 g/mol. The van der Waals surface area contributed by atoms with Crippen LogP contribution in [0.15, 0.2) is 22.8 Å². The molecule has 110 valence electrons. The molecule has 0 radical (unpaired) electrons. The van der Waals surface area contributed by atoms with Crippen molar-refractivity contribution in [3.8, 4) is 0 Å². The number of hydrogen-bond acceptors (Lipinski definition) is 4. The van der Waals surface area contributed by atoms with Gasteiger partial charge in [-0.05, 0) is 47.4 Å². The molecule has 1 fully saturated rings. The largest absolute Gasteiger partial charge is 0.480 e. The van der Waals surface area contributed by atoms with Gasteiger partial charge in [-0.25, -0.2) is 0 Å². The van der Waals surface area contributed by atoms with Crippen LogP contribution >= 0.6 is 15.9 Å². The molecule has 1 aliphatic carbocycles. The van der Waals surface area contributed by atoms with Crippen LogP contribution < -0.4 is 5.32 Å². The maximum absolute atomic E-state index is 10.8. The number of rotatable bonds is 7. The number of carboxylic acid groups (broad SMARTS) is 1. The summed E-state index contributed by atoms with van der Waals surface area (Å²) in [5.74, 6) is -0.748. The van der Waals surface area contributed by atoms with Gasteiger partial charge in [0.25, 0.3) is 0 Å². The van der Waals surface area contributed by atoms with Crippen LogP contribution in [0.3, 0.4) is 0 Å². The van der Waals surface area contributed by atoms with Crippen molar-refractivity contribution in [3.63, 3.8) is 0 Å². The summed E-state index contributed by atoms with van der Waals surface area (Å²) >= 11 is 3.37. The number of carbonyl (C=O) groups is 1. The van der Waals surface area contributed by atoms with Crippen LogP contribution in [0.25, 0.3) is 0 Å². The second-order valence-corrected chi connectivity index (χ2v) is 6.04. The molecule has 1 aliphatic rings. The molecule has 0 aromatic carbocycles. The third-order valence-electron chi connectivity index (χ3n) is 3.73. The third-order valence-corrected chi connectivity index (χ3v) is 4.20. The lowest BCUT2D eigenvalue weighted by Crippen LogP contribution is -2.53. The van der Waals surface area contributed by atoms with Gasteiger partial charge in [0, 0.05) is 29.3 Å². The van der Waals surface area contributed by atoms with Crippen LogP contribution in [0.2, 0.25) is 0 Å². The molecule has 1 saturated carbocycles. The van der Waals surface area contributed by atoms with Crippen LogP contribution in [0.4, 0.5) is 0 Å². The number of likely N-dealkylation sites (N-methyl/N-ethyl adjacent to an activating group) is 1. The Bertz CT molecular complexity index is 446. The molecule has 1 aromatic rings. The third kappa shape index (κ3) is 4.26. The number of carboxylic acids is 1. The SMILES string of the molecule is CCN(CC(=O)O)C1CC(NCc2ccc(Br)cn2)C1. The lowest BCUT2D eigenvalue weighted by Gasteiger charge is -2.42. The quantitative estimate of drug-likeness (QED) is 0.792. The highest BCUT2D eigenvalue weighted by Gasteiger charge is 2.33. The zero-order chi connectivity index (χ0) is 14.5. The summed E-state index contributed by atoms with van der Waals surface area (Å²) in [4.78, 5) is 17.1. The van der Waals surface area contributed by atoms with Gasteiger partial charge in [0.1, 0.15) is 0 Å². The molecule has 1 heterocycles. The van der Waals surface area contributed by atoms with E-state index in [1.807, 2.05) is 24.0 Å². The van der Waals surface area contributed by atoms with E-state index < -0.39 is 5.97 Å². The molecular formula is C14H20BrN3O2. The fraction of sp³-hybridized carbons (Fsp3) is 0.571. The van der Waals surface area contributed by atoms with Crippen molar-refractivity contribution in [2.75, 3.05) is 13.1 Å². The number of aromatic nitrogens is 1. The van der Waals surface area contributed by atoms with E-state index in [9.17, 15) is 4.79 Å². The minimum atomic E-state index is -0.748. The number of halogens is 1. The summed E-state index contributed by atoms with van der Waals surface area (Å²) < 4.78 is 0.984. The second-order valence-electron chi connectivity index (χ2n) is 5.13. The Kier molecular flexibility index (Phi) is 5.51. The Hall–Kier alpha value is -0.980. The summed E-state index contributed by atoms with van der Waals surface area (Å²) in [5.41, 5.74) is 1.02. The molecule has 1 aromatic heterocycles. The first-order valence-corrected chi connectivity index (χ1v) is 7.67. The van der Waals surface area contributed by atoms with Gasteiger partial charge in [-0.15, -0.1) is 0 Å². The van der Waals surface area contributed by atoms with E-state index in [0.29, 0.717) is 12.1 Å². The fourth-order valence-electron chi connectivity index (χ4n) is 2.49. The van der Waals surface area contributed by atoms with Gasteiger partial charge in [-0.1, -0.05) is 6.92 Å². The summed E-state index contributed by atoms with van der Waals surface area (Å²) in [7, 11) is 0. The summed E-state index contributed by atoms with van der Waals surface area (Å²) in [6.07, 6.45) is 3.82. The normalized spacial score (nSPS) is 21.8. The van der Waals surface area contributed by atoms with Crippen LogP contribution in [0.5, 0.6) is 0 Å². The lowest BCUT2D eigenvalue weighted by atomic mass is 9.85. The van der Waals surface area contributed by atoms with Crippen molar-refractivity contribution in [2.45, 2.75) is 38.4 Å². The Morgan fingerprint density at radius 1 is 1.55 bits per heavy atom. The first-order chi connectivity index (χ1) is 9.58. The Morgan fingerprint density at radius 3 is 2.85 bits per heavy atom. The van der Waals surface area contributed by atoms with E-state index in [-0.39, 0.29) is 6.54 Å². The van der Waals surface area contributed by atoms with E-state index in [4.69, 9.17) is 5.11 Å². The topological polar surface area (TPSA) is 65.5 Å². The van der Waals surface area contributed by atoms with Crippen molar-refractivity contribution < 1.29 is 9.90 Å².